The van der Waals surface area contributed by atoms with Crippen molar-refractivity contribution in [3.05, 3.63) is 64.1 Å². The topological polar surface area (TPSA) is 86.8 Å². The Kier molecular flexibility index (Phi) is 9.95. The van der Waals surface area contributed by atoms with Crippen molar-refractivity contribution in [3.8, 4) is 0 Å². The summed E-state index contributed by atoms with van der Waals surface area (Å²) in [6.45, 7) is 4.42. The molecule has 2 atom stereocenters. The zero-order valence-electron chi connectivity index (χ0n) is 20.3. The van der Waals surface area contributed by atoms with Crippen molar-refractivity contribution >= 4 is 43.5 Å². The highest BCUT2D eigenvalue weighted by Gasteiger charge is 2.33. The number of rotatable bonds is 10. The number of carbonyl (C=O) groups excluding carboxylic acids is 2. The van der Waals surface area contributed by atoms with E-state index in [0.717, 1.165) is 22.9 Å². The molecule has 36 heavy (non-hydrogen) atoms. The first kappa shape index (κ1) is 29.6. The van der Waals surface area contributed by atoms with E-state index in [1.165, 1.54) is 17.9 Å². The number of nitrogens with one attached hydrogen (secondary N) is 1. The van der Waals surface area contributed by atoms with Crippen LogP contribution in [0.3, 0.4) is 0 Å². The Morgan fingerprint density at radius 1 is 1.08 bits per heavy atom. The molecular formula is C24H29BrF3N3O4S. The van der Waals surface area contributed by atoms with Crippen molar-refractivity contribution in [3.63, 3.8) is 0 Å². The van der Waals surface area contributed by atoms with E-state index in [1.807, 2.05) is 13.8 Å². The third-order valence-corrected chi connectivity index (χ3v) is 7.24. The molecule has 2 aromatic rings. The van der Waals surface area contributed by atoms with Crippen LogP contribution in [0.2, 0.25) is 0 Å². The van der Waals surface area contributed by atoms with Crippen LogP contribution in [0.5, 0.6) is 0 Å². The van der Waals surface area contributed by atoms with E-state index in [-0.39, 0.29) is 18.3 Å². The van der Waals surface area contributed by atoms with Gasteiger partial charge < -0.3 is 10.2 Å². The molecule has 1 N–H and O–H groups in total. The monoisotopic (exact) mass is 591 g/mol. The van der Waals surface area contributed by atoms with Gasteiger partial charge in [-0.2, -0.15) is 13.2 Å². The number of benzene rings is 2. The van der Waals surface area contributed by atoms with E-state index < -0.39 is 46.2 Å². The standard InChI is InChI=1S/C24H29BrF3N3O4S/c1-5-16(2)29-23(33)17(3)30(14-18-9-11-20(25)12-10-18)22(32)15-31(36(4,34)35)21-8-6-7-19(13-21)24(26,27)28/h6-13,16-17H,5,14-15H2,1-4H3,(H,29,33)/t16-,17-/m1/s1. The van der Waals surface area contributed by atoms with Crippen LogP contribution in [0, 0.1) is 0 Å². The van der Waals surface area contributed by atoms with Gasteiger partial charge in [0.05, 0.1) is 17.5 Å². The van der Waals surface area contributed by atoms with Crippen LogP contribution in [-0.4, -0.2) is 50.0 Å². The quantitative estimate of drug-likeness (QED) is 0.438. The lowest BCUT2D eigenvalue weighted by atomic mass is 10.1. The predicted molar refractivity (Wildman–Crippen MR) is 136 cm³/mol. The van der Waals surface area contributed by atoms with Crippen molar-refractivity contribution in [2.24, 2.45) is 0 Å². The molecule has 0 aromatic heterocycles. The molecule has 0 fully saturated rings. The molecule has 0 spiro atoms. The summed E-state index contributed by atoms with van der Waals surface area (Å²) in [5, 5.41) is 2.80. The second-order valence-corrected chi connectivity index (χ2v) is 11.3. The van der Waals surface area contributed by atoms with Gasteiger partial charge >= 0.3 is 6.18 Å². The Labute approximate surface area is 217 Å². The smallest absolute Gasteiger partial charge is 0.352 e. The molecular weight excluding hydrogens is 563 g/mol. The molecule has 0 aliphatic rings. The first-order valence-corrected chi connectivity index (χ1v) is 13.8. The van der Waals surface area contributed by atoms with Gasteiger partial charge in [-0.3, -0.25) is 13.9 Å². The minimum atomic E-state index is -4.70. The van der Waals surface area contributed by atoms with E-state index in [0.29, 0.717) is 22.4 Å². The Morgan fingerprint density at radius 2 is 1.69 bits per heavy atom. The van der Waals surface area contributed by atoms with Gasteiger partial charge in [0.1, 0.15) is 12.6 Å². The van der Waals surface area contributed by atoms with Crippen molar-refractivity contribution in [1.29, 1.82) is 0 Å². The highest BCUT2D eigenvalue weighted by Crippen LogP contribution is 2.32. The van der Waals surface area contributed by atoms with Gasteiger partial charge in [0.2, 0.25) is 21.8 Å². The lowest BCUT2D eigenvalue weighted by molar-refractivity contribution is -0.139. The second kappa shape index (κ2) is 12.1. The highest BCUT2D eigenvalue weighted by molar-refractivity contribution is 9.10. The summed E-state index contributed by atoms with van der Waals surface area (Å²) < 4.78 is 66.1. The third-order valence-electron chi connectivity index (χ3n) is 5.58. The average Bonchev–Trinajstić information content (AvgIpc) is 2.80. The Morgan fingerprint density at radius 3 is 2.22 bits per heavy atom. The highest BCUT2D eigenvalue weighted by atomic mass is 79.9. The number of amides is 2. The molecule has 2 rings (SSSR count). The van der Waals surface area contributed by atoms with Gasteiger partial charge in [-0.25, -0.2) is 8.42 Å². The Hall–Kier alpha value is -2.60. The van der Waals surface area contributed by atoms with Crippen molar-refractivity contribution in [1.82, 2.24) is 10.2 Å². The summed E-state index contributed by atoms with van der Waals surface area (Å²) in [7, 11) is -4.14. The van der Waals surface area contributed by atoms with E-state index in [1.54, 1.807) is 24.3 Å². The fourth-order valence-corrected chi connectivity index (χ4v) is 4.39. The molecule has 0 aliphatic carbocycles. The number of halogens is 4. The van der Waals surface area contributed by atoms with Crippen LogP contribution >= 0.6 is 15.9 Å². The molecule has 198 valence electrons. The number of sulfonamides is 1. The molecule has 0 unspecified atom stereocenters. The predicted octanol–water partition coefficient (Wildman–Crippen LogP) is 4.57. The first-order valence-electron chi connectivity index (χ1n) is 11.1. The Bertz CT molecular complexity index is 1170. The van der Waals surface area contributed by atoms with Gasteiger partial charge in [0.25, 0.3) is 0 Å². The molecule has 12 heteroatoms. The van der Waals surface area contributed by atoms with Crippen LogP contribution in [0.1, 0.15) is 38.3 Å². The molecule has 0 saturated carbocycles. The van der Waals surface area contributed by atoms with Gasteiger partial charge in [0.15, 0.2) is 0 Å². The zero-order chi connectivity index (χ0) is 27.3. The van der Waals surface area contributed by atoms with Gasteiger partial charge in [0, 0.05) is 17.1 Å². The third kappa shape index (κ3) is 8.22. The van der Waals surface area contributed by atoms with Crippen LogP contribution in [0.15, 0.2) is 53.0 Å². The number of hydrogen-bond acceptors (Lipinski definition) is 4. The summed E-state index contributed by atoms with van der Waals surface area (Å²) in [6.07, 6.45) is -3.23. The van der Waals surface area contributed by atoms with Gasteiger partial charge in [-0.1, -0.05) is 41.1 Å². The SMILES string of the molecule is CC[C@@H](C)NC(=O)[C@@H](C)N(Cc1ccc(Br)cc1)C(=O)CN(c1cccc(C(F)(F)F)c1)S(C)(=O)=O. The van der Waals surface area contributed by atoms with Crippen LogP contribution in [0.4, 0.5) is 18.9 Å². The maximum Gasteiger partial charge on any atom is 0.416 e. The summed E-state index contributed by atoms with van der Waals surface area (Å²) in [6, 6.07) is 9.61. The van der Waals surface area contributed by atoms with Crippen LogP contribution in [-0.2, 0) is 32.3 Å². The van der Waals surface area contributed by atoms with Gasteiger partial charge in [-0.15, -0.1) is 0 Å². The first-order chi connectivity index (χ1) is 16.6. The van der Waals surface area contributed by atoms with E-state index in [2.05, 4.69) is 21.2 Å². The maximum absolute atomic E-state index is 13.4. The second-order valence-electron chi connectivity index (χ2n) is 8.46. The number of nitrogens with zero attached hydrogens (tertiary/aromatic N) is 2. The number of hydrogen-bond donors (Lipinski definition) is 1. The molecule has 0 bridgehead atoms. The summed E-state index contributed by atoms with van der Waals surface area (Å²) in [5.74, 6) is -1.17. The fraction of sp³-hybridized carbons (Fsp3) is 0.417. The number of carbonyl (C=O) groups is 2. The normalized spacial score (nSPS) is 13.6. The minimum absolute atomic E-state index is 0.0125. The average molecular weight is 592 g/mol. The summed E-state index contributed by atoms with van der Waals surface area (Å²) >= 11 is 3.33. The lowest BCUT2D eigenvalue weighted by Gasteiger charge is -2.32. The van der Waals surface area contributed by atoms with Crippen LogP contribution < -0.4 is 9.62 Å². The molecule has 0 heterocycles. The van der Waals surface area contributed by atoms with E-state index in [4.69, 9.17) is 0 Å². The molecule has 0 saturated heterocycles. The van der Waals surface area contributed by atoms with Gasteiger partial charge in [-0.05, 0) is 56.2 Å². The van der Waals surface area contributed by atoms with E-state index in [9.17, 15) is 31.2 Å². The van der Waals surface area contributed by atoms with E-state index >= 15 is 0 Å². The lowest BCUT2D eigenvalue weighted by Crippen LogP contribution is -2.52. The van der Waals surface area contributed by atoms with Crippen LogP contribution in [0.25, 0.3) is 0 Å². The molecule has 0 aliphatic heterocycles. The minimum Gasteiger partial charge on any atom is -0.352 e. The molecule has 7 nitrogen and oxygen atoms in total. The van der Waals surface area contributed by atoms with Crippen molar-refractivity contribution in [2.45, 2.75) is 52.0 Å². The molecule has 2 amide bonds. The summed E-state index contributed by atoms with van der Waals surface area (Å²) in [5.41, 5.74) is -0.671. The maximum atomic E-state index is 13.4. The zero-order valence-corrected chi connectivity index (χ0v) is 22.7. The summed E-state index contributed by atoms with van der Waals surface area (Å²) in [4.78, 5) is 27.5. The molecule has 0 radical (unpaired) electrons. The van der Waals surface area contributed by atoms with Crippen molar-refractivity contribution < 1.29 is 31.2 Å². The molecule has 2 aromatic carbocycles. The fourth-order valence-electron chi connectivity index (χ4n) is 3.29. The largest absolute Gasteiger partial charge is 0.416 e. The van der Waals surface area contributed by atoms with Crippen molar-refractivity contribution in [2.75, 3.05) is 17.1 Å². The number of anilines is 1. The Balaban J connectivity index is 2.43. The number of alkyl halides is 3.